The minimum atomic E-state index is -0.310. The maximum absolute atomic E-state index is 13.1. The van der Waals surface area contributed by atoms with Crippen LogP contribution in [0.15, 0.2) is 18.2 Å². The van der Waals surface area contributed by atoms with E-state index in [1.54, 1.807) is 40.9 Å². The summed E-state index contributed by atoms with van der Waals surface area (Å²) < 4.78 is 27.5. The second-order valence-corrected chi connectivity index (χ2v) is 18.2. The van der Waals surface area contributed by atoms with Gasteiger partial charge in [-0.25, -0.2) is 4.79 Å². The number of fused-ring (bicyclic) bond motifs is 3. The summed E-state index contributed by atoms with van der Waals surface area (Å²) in [5.74, 6) is 1.44. The number of hydrogen-bond donors (Lipinski definition) is 0. The molecule has 52 heavy (non-hydrogen) atoms. The molecule has 0 unspecified atom stereocenters. The molecular formula is C42H56O6S4. The molecule has 284 valence electrons. The number of rotatable bonds is 24. The highest BCUT2D eigenvalue weighted by atomic mass is 32.1. The van der Waals surface area contributed by atoms with Crippen LogP contribution in [-0.2, 0) is 14.3 Å². The summed E-state index contributed by atoms with van der Waals surface area (Å²) in [5, 5.41) is 3.38. The van der Waals surface area contributed by atoms with Crippen LogP contribution in [0.2, 0.25) is 0 Å². The molecule has 1 aromatic carbocycles. The molecule has 0 aliphatic carbocycles. The monoisotopic (exact) mass is 784 g/mol. The van der Waals surface area contributed by atoms with E-state index in [0.717, 1.165) is 49.9 Å². The highest BCUT2D eigenvalue weighted by Gasteiger charge is 2.25. The SMILES string of the molecule is CCCCCCCCOc1c2cc(-c3sc(C)c4cc(C(=O)OCCCCC(=O)OCC)sc34)sc2c(OCCCCCCCC)c2cc(C)sc12. The minimum absolute atomic E-state index is 0.209. The van der Waals surface area contributed by atoms with Crippen molar-refractivity contribution in [2.24, 2.45) is 0 Å². The van der Waals surface area contributed by atoms with E-state index in [4.69, 9.17) is 18.9 Å². The van der Waals surface area contributed by atoms with Gasteiger partial charge in [0.25, 0.3) is 0 Å². The Balaban J connectivity index is 1.41. The van der Waals surface area contributed by atoms with E-state index >= 15 is 0 Å². The average Bonchev–Trinajstić information content (AvgIpc) is 3.91. The largest absolute Gasteiger partial charge is 0.491 e. The number of ether oxygens (including phenoxy) is 4. The van der Waals surface area contributed by atoms with Crippen molar-refractivity contribution in [3.63, 3.8) is 0 Å². The van der Waals surface area contributed by atoms with Crippen LogP contribution in [0.3, 0.4) is 0 Å². The fourth-order valence-electron chi connectivity index (χ4n) is 6.52. The van der Waals surface area contributed by atoms with Gasteiger partial charge in [-0.2, -0.15) is 0 Å². The van der Waals surface area contributed by atoms with Crippen molar-refractivity contribution in [1.82, 2.24) is 0 Å². The first-order valence-corrected chi connectivity index (χ1v) is 22.7. The molecule has 0 spiro atoms. The second kappa shape index (κ2) is 20.7. The Morgan fingerprint density at radius 2 is 1.17 bits per heavy atom. The molecule has 0 fully saturated rings. The van der Waals surface area contributed by atoms with Gasteiger partial charge in [-0.15, -0.1) is 45.3 Å². The molecule has 0 saturated carbocycles. The van der Waals surface area contributed by atoms with Crippen molar-refractivity contribution in [2.75, 3.05) is 26.4 Å². The van der Waals surface area contributed by atoms with Crippen LogP contribution in [0.25, 0.3) is 40.0 Å². The van der Waals surface area contributed by atoms with Crippen molar-refractivity contribution >= 4 is 87.5 Å². The second-order valence-electron chi connectivity index (χ2n) is 13.6. The summed E-state index contributed by atoms with van der Waals surface area (Å²) in [7, 11) is 0. The Hall–Kier alpha value is -2.66. The van der Waals surface area contributed by atoms with E-state index in [2.05, 4.69) is 39.8 Å². The van der Waals surface area contributed by atoms with Gasteiger partial charge in [-0.05, 0) is 64.7 Å². The summed E-state index contributed by atoms with van der Waals surface area (Å²) in [6, 6.07) is 6.55. The summed E-state index contributed by atoms with van der Waals surface area (Å²) >= 11 is 6.86. The Morgan fingerprint density at radius 1 is 0.577 bits per heavy atom. The zero-order valence-corrected chi connectivity index (χ0v) is 35.0. The minimum Gasteiger partial charge on any atom is -0.491 e. The van der Waals surface area contributed by atoms with Crippen LogP contribution in [0, 0.1) is 13.8 Å². The smallest absolute Gasteiger partial charge is 0.348 e. The number of thiophene rings is 4. The number of benzene rings is 1. The van der Waals surface area contributed by atoms with Crippen molar-refractivity contribution in [2.45, 2.75) is 131 Å². The van der Waals surface area contributed by atoms with Crippen molar-refractivity contribution in [3.05, 3.63) is 32.8 Å². The van der Waals surface area contributed by atoms with E-state index in [0.29, 0.717) is 44.0 Å². The maximum atomic E-state index is 13.1. The van der Waals surface area contributed by atoms with Crippen LogP contribution < -0.4 is 9.47 Å². The number of aryl methyl sites for hydroxylation is 2. The van der Waals surface area contributed by atoms with Crippen molar-refractivity contribution in [3.8, 4) is 21.3 Å². The van der Waals surface area contributed by atoms with Gasteiger partial charge in [-0.1, -0.05) is 78.1 Å². The van der Waals surface area contributed by atoms with E-state index in [1.807, 2.05) is 6.07 Å². The third-order valence-corrected chi connectivity index (χ3v) is 14.0. The lowest BCUT2D eigenvalue weighted by Gasteiger charge is -2.14. The maximum Gasteiger partial charge on any atom is 0.348 e. The van der Waals surface area contributed by atoms with Crippen LogP contribution in [0.5, 0.6) is 11.5 Å². The molecule has 0 amide bonds. The summed E-state index contributed by atoms with van der Waals surface area (Å²) in [4.78, 5) is 30.1. The molecule has 4 aromatic heterocycles. The molecule has 0 aliphatic heterocycles. The lowest BCUT2D eigenvalue weighted by atomic mass is 10.1. The van der Waals surface area contributed by atoms with E-state index < -0.39 is 0 Å². The van der Waals surface area contributed by atoms with E-state index in [-0.39, 0.29) is 18.5 Å². The van der Waals surface area contributed by atoms with E-state index in [9.17, 15) is 9.59 Å². The van der Waals surface area contributed by atoms with Gasteiger partial charge in [0.1, 0.15) is 16.4 Å². The molecule has 4 heterocycles. The summed E-state index contributed by atoms with van der Waals surface area (Å²) in [5.41, 5.74) is 0. The third kappa shape index (κ3) is 10.5. The van der Waals surface area contributed by atoms with E-state index in [1.165, 1.54) is 99.8 Å². The number of hydrogen-bond acceptors (Lipinski definition) is 10. The normalized spacial score (nSPS) is 11.6. The summed E-state index contributed by atoms with van der Waals surface area (Å²) in [6.07, 6.45) is 16.3. The molecule has 0 bridgehead atoms. The molecule has 10 heteroatoms. The molecule has 5 aromatic rings. The highest BCUT2D eigenvalue weighted by molar-refractivity contribution is 7.31. The average molecular weight is 785 g/mol. The Morgan fingerprint density at radius 3 is 1.83 bits per heavy atom. The first kappa shape index (κ1) is 40.5. The van der Waals surface area contributed by atoms with Crippen LogP contribution >= 0.6 is 45.3 Å². The quantitative estimate of drug-likeness (QED) is 0.0458. The third-order valence-electron chi connectivity index (χ3n) is 9.29. The fourth-order valence-corrected chi connectivity index (χ4v) is 11.3. The van der Waals surface area contributed by atoms with Gasteiger partial charge in [0.05, 0.1) is 45.4 Å². The van der Waals surface area contributed by atoms with Gasteiger partial charge in [0, 0.05) is 37.2 Å². The van der Waals surface area contributed by atoms with Gasteiger partial charge >= 0.3 is 11.9 Å². The topological polar surface area (TPSA) is 71.1 Å². The molecule has 5 rings (SSSR count). The lowest BCUT2D eigenvalue weighted by molar-refractivity contribution is -0.143. The number of esters is 2. The highest BCUT2D eigenvalue weighted by Crippen LogP contribution is 2.53. The Kier molecular flexibility index (Phi) is 16.1. The van der Waals surface area contributed by atoms with Crippen LogP contribution in [-0.4, -0.2) is 38.4 Å². The Bertz CT molecular complexity index is 1820. The van der Waals surface area contributed by atoms with Gasteiger partial charge < -0.3 is 18.9 Å². The molecule has 6 nitrogen and oxygen atoms in total. The fraction of sp³-hybridized carbons (Fsp3) is 0.571. The standard InChI is InChI=1S/C42H56O6S4/c1-6-9-11-13-15-18-22-46-36-31-25-28(4)49-38(31)37(47-23-19-16-14-12-10-7-2)32-27-33(51-39(32)36)41-40-30(29(5)50-41)26-34(52-40)42(44)48-24-20-17-21-35(43)45-8-3/h25-27H,6-24H2,1-5H3. The molecular weight excluding hydrogens is 729 g/mol. The molecule has 0 radical (unpaired) electrons. The van der Waals surface area contributed by atoms with Gasteiger partial charge in [-0.3, -0.25) is 4.79 Å². The summed E-state index contributed by atoms with van der Waals surface area (Å²) in [6.45, 7) is 12.7. The zero-order chi connectivity index (χ0) is 36.9. The van der Waals surface area contributed by atoms with Crippen LogP contribution in [0.1, 0.15) is 137 Å². The molecule has 0 aliphatic rings. The predicted octanol–water partition coefficient (Wildman–Crippen LogP) is 14.0. The van der Waals surface area contributed by atoms with Crippen molar-refractivity contribution < 1.29 is 28.5 Å². The first-order valence-electron chi connectivity index (χ1n) is 19.5. The van der Waals surface area contributed by atoms with Crippen molar-refractivity contribution in [1.29, 1.82) is 0 Å². The zero-order valence-electron chi connectivity index (χ0n) is 31.7. The van der Waals surface area contributed by atoms with Crippen LogP contribution in [0.4, 0.5) is 0 Å². The molecule has 0 saturated heterocycles. The number of carbonyl (C=O) groups is 2. The lowest BCUT2D eigenvalue weighted by Crippen LogP contribution is -2.07. The predicted molar refractivity (Wildman–Crippen MR) is 224 cm³/mol. The van der Waals surface area contributed by atoms with Gasteiger partial charge in [0.15, 0.2) is 0 Å². The number of carbonyl (C=O) groups excluding carboxylic acids is 2. The molecule has 0 atom stereocenters. The Labute approximate surface area is 325 Å². The molecule has 0 N–H and O–H groups in total. The van der Waals surface area contributed by atoms with Gasteiger partial charge in [0.2, 0.25) is 0 Å². The first-order chi connectivity index (χ1) is 25.4. The number of unbranched alkanes of at least 4 members (excludes halogenated alkanes) is 11.